The fourth-order valence-electron chi connectivity index (χ4n) is 4.47. The fourth-order valence-corrected chi connectivity index (χ4v) is 4.47. The molecule has 2 heterocycles. The monoisotopic (exact) mass is 522 g/mol. The molecule has 0 radical (unpaired) electrons. The second-order valence-electron chi connectivity index (χ2n) is 8.61. The van der Waals surface area contributed by atoms with E-state index in [0.717, 1.165) is 24.3 Å². The van der Waals surface area contributed by atoms with Crippen LogP contribution in [-0.4, -0.2) is 9.97 Å². The Kier molecular flexibility index (Phi) is 5.30. The van der Waals surface area contributed by atoms with Gasteiger partial charge >= 0.3 is 12.4 Å². The second-order valence-corrected chi connectivity index (χ2v) is 8.61. The number of anilines is 6. The van der Waals surface area contributed by atoms with Crippen molar-refractivity contribution in [3.8, 4) is 0 Å². The summed E-state index contributed by atoms with van der Waals surface area (Å²) < 4.78 is 79.5. The Balaban J connectivity index is 1.59. The standard InChI is InChI=1S/C28H16F6N4/c29-27(30,31)17-9-13-19(14-10-17)37-23-7-3-4-8-24(23)38(20-15-11-18(12-16-20)28(32,33)34)26-25(37)35-21-5-1-2-6-22(21)36-26/h1-16H. The lowest BCUT2D eigenvalue weighted by Crippen LogP contribution is -2.26. The highest BCUT2D eigenvalue weighted by Crippen LogP contribution is 2.53. The topological polar surface area (TPSA) is 32.3 Å². The summed E-state index contributed by atoms with van der Waals surface area (Å²) in [5.41, 5.74) is 1.51. The molecule has 1 aliphatic heterocycles. The summed E-state index contributed by atoms with van der Waals surface area (Å²) in [6, 6.07) is 23.6. The number of halogens is 6. The van der Waals surface area contributed by atoms with Crippen molar-refractivity contribution in [3.05, 3.63) is 108 Å². The minimum absolute atomic E-state index is 0.321. The zero-order valence-corrected chi connectivity index (χ0v) is 19.3. The van der Waals surface area contributed by atoms with Crippen molar-refractivity contribution in [2.75, 3.05) is 9.80 Å². The van der Waals surface area contributed by atoms with Crippen LogP contribution in [-0.2, 0) is 12.4 Å². The normalized spacial score (nSPS) is 13.4. The molecule has 0 spiro atoms. The first-order chi connectivity index (χ1) is 18.1. The molecule has 0 unspecified atom stereocenters. The molecule has 0 saturated heterocycles. The van der Waals surface area contributed by atoms with E-state index >= 15 is 0 Å². The van der Waals surface area contributed by atoms with Gasteiger partial charge in [0.1, 0.15) is 0 Å². The van der Waals surface area contributed by atoms with Crippen LogP contribution in [0.1, 0.15) is 11.1 Å². The fraction of sp³-hybridized carbons (Fsp3) is 0.0714. The van der Waals surface area contributed by atoms with Gasteiger partial charge in [0.15, 0.2) is 11.6 Å². The molecule has 0 atom stereocenters. The molecular formula is C28H16F6N4. The van der Waals surface area contributed by atoms with Crippen LogP contribution in [0, 0.1) is 0 Å². The number of aromatic nitrogens is 2. The predicted octanol–water partition coefficient (Wildman–Crippen LogP) is 8.92. The summed E-state index contributed by atoms with van der Waals surface area (Å²) in [4.78, 5) is 13.0. The van der Waals surface area contributed by atoms with E-state index in [2.05, 4.69) is 0 Å². The quantitative estimate of drug-likeness (QED) is 0.213. The number of alkyl halides is 6. The molecule has 0 aliphatic carbocycles. The molecule has 4 nitrogen and oxygen atoms in total. The van der Waals surface area contributed by atoms with Gasteiger partial charge in [0.25, 0.3) is 0 Å². The molecule has 0 N–H and O–H groups in total. The van der Waals surface area contributed by atoms with Crippen LogP contribution >= 0.6 is 0 Å². The van der Waals surface area contributed by atoms with E-state index in [4.69, 9.17) is 9.97 Å². The maximum Gasteiger partial charge on any atom is 0.416 e. The van der Waals surface area contributed by atoms with Crippen LogP contribution in [0.3, 0.4) is 0 Å². The summed E-state index contributed by atoms with van der Waals surface area (Å²) >= 11 is 0. The van der Waals surface area contributed by atoms with E-state index < -0.39 is 23.5 Å². The van der Waals surface area contributed by atoms with Crippen LogP contribution in [0.5, 0.6) is 0 Å². The highest BCUT2D eigenvalue weighted by molar-refractivity contribution is 6.00. The molecular weight excluding hydrogens is 506 g/mol. The average Bonchev–Trinajstić information content (AvgIpc) is 2.90. The molecule has 1 aliphatic rings. The summed E-state index contributed by atoms with van der Waals surface area (Å²) in [5, 5.41) is 0. The second kappa shape index (κ2) is 8.47. The van der Waals surface area contributed by atoms with Crippen molar-refractivity contribution >= 4 is 45.4 Å². The van der Waals surface area contributed by atoms with Crippen LogP contribution in [0.4, 0.5) is 60.7 Å². The lowest BCUT2D eigenvalue weighted by atomic mass is 10.1. The maximum atomic E-state index is 13.2. The van der Waals surface area contributed by atoms with Gasteiger partial charge in [0.05, 0.1) is 33.5 Å². The van der Waals surface area contributed by atoms with Gasteiger partial charge in [-0.3, -0.25) is 9.80 Å². The van der Waals surface area contributed by atoms with Gasteiger partial charge in [-0.05, 0) is 72.8 Å². The summed E-state index contributed by atoms with van der Waals surface area (Å²) in [6.07, 6.45) is -8.99. The van der Waals surface area contributed by atoms with Gasteiger partial charge in [-0.15, -0.1) is 0 Å². The zero-order valence-electron chi connectivity index (χ0n) is 19.3. The molecule has 1 aromatic heterocycles. The number of benzene rings is 4. The Morgan fingerprint density at radius 3 is 1.13 bits per heavy atom. The first-order valence-corrected chi connectivity index (χ1v) is 11.4. The zero-order chi connectivity index (χ0) is 26.7. The van der Waals surface area contributed by atoms with Gasteiger partial charge in [0, 0.05) is 11.4 Å². The number of hydrogen-bond donors (Lipinski definition) is 0. The Hall–Kier alpha value is -4.60. The van der Waals surface area contributed by atoms with E-state index in [1.165, 1.54) is 24.3 Å². The van der Waals surface area contributed by atoms with Crippen LogP contribution in [0.2, 0.25) is 0 Å². The Bertz CT molecular complexity index is 1520. The minimum atomic E-state index is -4.49. The first-order valence-electron chi connectivity index (χ1n) is 11.4. The van der Waals surface area contributed by atoms with Gasteiger partial charge in [-0.1, -0.05) is 24.3 Å². The van der Waals surface area contributed by atoms with Crippen LogP contribution < -0.4 is 9.80 Å². The minimum Gasteiger partial charge on any atom is -0.290 e. The van der Waals surface area contributed by atoms with Crippen LogP contribution in [0.15, 0.2) is 97.1 Å². The Labute approximate surface area is 212 Å². The summed E-state index contributed by atoms with van der Waals surface area (Å²) in [6.45, 7) is 0. The van der Waals surface area contributed by atoms with Crippen LogP contribution in [0.25, 0.3) is 11.0 Å². The van der Waals surface area contributed by atoms with E-state index in [0.29, 0.717) is 45.4 Å². The molecule has 4 aromatic carbocycles. The van der Waals surface area contributed by atoms with Gasteiger partial charge < -0.3 is 0 Å². The molecule has 0 fully saturated rings. The Morgan fingerprint density at radius 2 is 0.789 bits per heavy atom. The third-order valence-corrected chi connectivity index (χ3v) is 6.23. The maximum absolute atomic E-state index is 13.2. The van der Waals surface area contributed by atoms with E-state index in [1.54, 1.807) is 58.3 Å². The first kappa shape index (κ1) is 23.8. The van der Waals surface area contributed by atoms with Gasteiger partial charge in [0.2, 0.25) is 0 Å². The predicted molar refractivity (Wildman–Crippen MR) is 132 cm³/mol. The lowest BCUT2D eigenvalue weighted by molar-refractivity contribution is -0.138. The van der Waals surface area contributed by atoms with E-state index in [9.17, 15) is 26.3 Å². The molecule has 0 bridgehead atoms. The van der Waals surface area contributed by atoms with Crippen molar-refractivity contribution in [3.63, 3.8) is 0 Å². The average molecular weight is 522 g/mol. The van der Waals surface area contributed by atoms with Crippen molar-refractivity contribution in [2.24, 2.45) is 0 Å². The van der Waals surface area contributed by atoms with E-state index in [1.807, 2.05) is 0 Å². The third kappa shape index (κ3) is 3.98. The largest absolute Gasteiger partial charge is 0.416 e. The Morgan fingerprint density at radius 1 is 0.447 bits per heavy atom. The molecule has 6 rings (SSSR count). The van der Waals surface area contributed by atoms with Crippen molar-refractivity contribution in [2.45, 2.75) is 12.4 Å². The number of hydrogen-bond acceptors (Lipinski definition) is 4. The van der Waals surface area contributed by atoms with Gasteiger partial charge in [-0.2, -0.15) is 26.3 Å². The molecule has 38 heavy (non-hydrogen) atoms. The molecule has 5 aromatic rings. The number of rotatable bonds is 2. The van der Waals surface area contributed by atoms with Crippen molar-refractivity contribution in [1.29, 1.82) is 0 Å². The number of fused-ring (bicyclic) bond motifs is 3. The lowest BCUT2D eigenvalue weighted by Gasteiger charge is -2.38. The molecule has 190 valence electrons. The smallest absolute Gasteiger partial charge is 0.290 e. The number of para-hydroxylation sites is 4. The van der Waals surface area contributed by atoms with Gasteiger partial charge in [-0.25, -0.2) is 9.97 Å². The molecule has 10 heteroatoms. The molecule has 0 amide bonds. The highest BCUT2D eigenvalue weighted by Gasteiger charge is 2.36. The molecule has 0 saturated carbocycles. The SMILES string of the molecule is FC(F)(F)c1ccc(N2c3ccccc3N(c3ccc(C(F)(F)F)cc3)c3nc4ccccc4nc32)cc1. The summed E-state index contributed by atoms with van der Waals surface area (Å²) in [5.74, 6) is 0.643. The summed E-state index contributed by atoms with van der Waals surface area (Å²) in [7, 11) is 0. The van der Waals surface area contributed by atoms with Crippen molar-refractivity contribution < 1.29 is 26.3 Å². The van der Waals surface area contributed by atoms with E-state index in [-0.39, 0.29) is 0 Å². The highest BCUT2D eigenvalue weighted by atomic mass is 19.4. The number of nitrogens with zero attached hydrogens (tertiary/aromatic N) is 4. The third-order valence-electron chi connectivity index (χ3n) is 6.23. The van der Waals surface area contributed by atoms with Crippen molar-refractivity contribution in [1.82, 2.24) is 9.97 Å².